The fourth-order valence-corrected chi connectivity index (χ4v) is 3.89. The van der Waals surface area contributed by atoms with Crippen molar-refractivity contribution in [3.8, 4) is 0 Å². The zero-order valence-corrected chi connectivity index (χ0v) is 16.7. The second-order valence-corrected chi connectivity index (χ2v) is 8.45. The second-order valence-electron chi connectivity index (χ2n) is 8.04. The van der Waals surface area contributed by atoms with Crippen LogP contribution in [-0.4, -0.2) is 48.2 Å². The highest BCUT2D eigenvalue weighted by molar-refractivity contribution is 6.31. The van der Waals surface area contributed by atoms with Gasteiger partial charge in [-0.1, -0.05) is 17.7 Å². The van der Waals surface area contributed by atoms with Gasteiger partial charge >= 0.3 is 0 Å². The number of carbonyl (C=O) groups excluding carboxylic acids is 1. The van der Waals surface area contributed by atoms with Gasteiger partial charge in [-0.25, -0.2) is 0 Å². The van der Waals surface area contributed by atoms with Gasteiger partial charge in [-0.15, -0.1) is 0 Å². The van der Waals surface area contributed by atoms with Gasteiger partial charge in [-0.2, -0.15) is 0 Å². The molecule has 3 aliphatic heterocycles. The molecule has 5 atom stereocenters. The van der Waals surface area contributed by atoms with Crippen LogP contribution in [0.3, 0.4) is 0 Å². The lowest BCUT2D eigenvalue weighted by Crippen LogP contribution is -2.58. The molecule has 1 aromatic carbocycles. The number of fused-ring (bicyclic) bond motifs is 3. The maximum absolute atomic E-state index is 13.0. The Kier molecular flexibility index (Phi) is 4.53. The molecule has 1 amide bonds. The third-order valence-corrected chi connectivity index (χ3v) is 5.26. The third-order valence-electron chi connectivity index (χ3n) is 4.85. The zero-order valence-electron chi connectivity index (χ0n) is 15.9. The van der Waals surface area contributed by atoms with Crippen LogP contribution in [0.15, 0.2) is 18.2 Å². The summed E-state index contributed by atoms with van der Waals surface area (Å²) < 4.78 is 29.7. The van der Waals surface area contributed by atoms with Gasteiger partial charge in [0.15, 0.2) is 24.0 Å². The number of amides is 1. The number of hydrogen-bond donors (Lipinski definition) is 1. The molecule has 3 saturated heterocycles. The standard InChI is InChI=1S/C19H24ClNO6/c1-9-6-7-10(8-11(9)20)21-16(22)14-12-13(25-18(2,3)24-12)15-17(23-14)27-19(4,5)26-15/h6-8,12-15,17H,1-5H3,(H,21,22)/t12-,13+,14-,15-,17-/m1/s1. The van der Waals surface area contributed by atoms with Crippen LogP contribution in [0.5, 0.6) is 0 Å². The summed E-state index contributed by atoms with van der Waals surface area (Å²) in [6.45, 7) is 9.10. The number of ether oxygens (including phenoxy) is 5. The van der Waals surface area contributed by atoms with Gasteiger partial charge in [0, 0.05) is 10.7 Å². The van der Waals surface area contributed by atoms with E-state index in [1.165, 1.54) is 0 Å². The van der Waals surface area contributed by atoms with E-state index in [0.29, 0.717) is 10.7 Å². The van der Waals surface area contributed by atoms with Crippen molar-refractivity contribution in [2.45, 2.75) is 76.9 Å². The number of rotatable bonds is 2. The van der Waals surface area contributed by atoms with Gasteiger partial charge in [0.1, 0.15) is 18.3 Å². The maximum atomic E-state index is 13.0. The van der Waals surface area contributed by atoms with E-state index in [0.717, 1.165) is 5.56 Å². The first-order chi connectivity index (χ1) is 12.5. The topological polar surface area (TPSA) is 75.3 Å². The fourth-order valence-electron chi connectivity index (χ4n) is 3.71. The van der Waals surface area contributed by atoms with Crippen molar-refractivity contribution in [3.05, 3.63) is 28.8 Å². The molecule has 0 aromatic heterocycles. The molecule has 3 fully saturated rings. The van der Waals surface area contributed by atoms with Gasteiger partial charge in [0.05, 0.1) is 0 Å². The average Bonchev–Trinajstić information content (AvgIpc) is 3.04. The van der Waals surface area contributed by atoms with Crippen LogP contribution in [0.25, 0.3) is 0 Å². The van der Waals surface area contributed by atoms with E-state index >= 15 is 0 Å². The van der Waals surface area contributed by atoms with E-state index < -0.39 is 42.3 Å². The molecule has 3 aliphatic rings. The molecule has 1 N–H and O–H groups in total. The Bertz CT molecular complexity index is 767. The van der Waals surface area contributed by atoms with E-state index in [9.17, 15) is 4.79 Å². The lowest BCUT2D eigenvalue weighted by molar-refractivity contribution is -0.229. The molecule has 8 heteroatoms. The van der Waals surface area contributed by atoms with E-state index in [2.05, 4.69) is 5.32 Å². The van der Waals surface area contributed by atoms with Crippen molar-refractivity contribution in [3.63, 3.8) is 0 Å². The normalized spacial score (nSPS) is 36.1. The second kappa shape index (κ2) is 6.40. The summed E-state index contributed by atoms with van der Waals surface area (Å²) >= 11 is 6.15. The van der Waals surface area contributed by atoms with E-state index in [4.69, 9.17) is 35.3 Å². The minimum absolute atomic E-state index is 0.349. The molecule has 148 valence electrons. The molecular weight excluding hydrogens is 374 g/mol. The highest BCUT2D eigenvalue weighted by Gasteiger charge is 2.62. The van der Waals surface area contributed by atoms with Crippen LogP contribution >= 0.6 is 11.6 Å². The first kappa shape index (κ1) is 19.1. The van der Waals surface area contributed by atoms with Crippen LogP contribution in [0.2, 0.25) is 5.02 Å². The molecule has 0 saturated carbocycles. The Balaban J connectivity index is 1.57. The Labute approximate surface area is 163 Å². The van der Waals surface area contributed by atoms with Gasteiger partial charge in [-0.3, -0.25) is 4.79 Å². The Morgan fingerprint density at radius 3 is 2.33 bits per heavy atom. The predicted molar refractivity (Wildman–Crippen MR) is 97.3 cm³/mol. The van der Waals surface area contributed by atoms with Crippen molar-refractivity contribution in [2.75, 3.05) is 5.32 Å². The minimum atomic E-state index is -0.907. The van der Waals surface area contributed by atoms with Gasteiger partial charge in [-0.05, 0) is 52.3 Å². The molecule has 3 heterocycles. The summed E-state index contributed by atoms with van der Waals surface area (Å²) in [6.07, 6.45) is -3.17. The monoisotopic (exact) mass is 397 g/mol. The lowest BCUT2D eigenvalue weighted by atomic mass is 9.98. The Hall–Kier alpha value is -1.22. The molecule has 27 heavy (non-hydrogen) atoms. The quantitative estimate of drug-likeness (QED) is 0.826. The van der Waals surface area contributed by atoms with E-state index in [1.54, 1.807) is 39.8 Å². The molecule has 0 radical (unpaired) electrons. The van der Waals surface area contributed by atoms with E-state index in [-0.39, 0.29) is 5.91 Å². The number of hydrogen-bond acceptors (Lipinski definition) is 6. The highest BCUT2D eigenvalue weighted by Crippen LogP contribution is 2.44. The van der Waals surface area contributed by atoms with Crippen LogP contribution in [0.4, 0.5) is 5.69 Å². The molecule has 0 aliphatic carbocycles. The van der Waals surface area contributed by atoms with Crippen molar-refractivity contribution < 1.29 is 28.5 Å². The predicted octanol–water partition coefficient (Wildman–Crippen LogP) is 2.98. The zero-order chi connectivity index (χ0) is 19.6. The first-order valence-electron chi connectivity index (χ1n) is 8.98. The summed E-state index contributed by atoms with van der Waals surface area (Å²) in [4.78, 5) is 13.0. The van der Waals surface area contributed by atoms with Crippen molar-refractivity contribution in [1.82, 2.24) is 0 Å². The van der Waals surface area contributed by atoms with Crippen molar-refractivity contribution >= 4 is 23.2 Å². The first-order valence-corrected chi connectivity index (χ1v) is 9.36. The summed E-state index contributed by atoms with van der Waals surface area (Å²) in [5.41, 5.74) is 1.51. The van der Waals surface area contributed by atoms with Crippen LogP contribution in [-0.2, 0) is 28.5 Å². The van der Waals surface area contributed by atoms with Crippen LogP contribution in [0, 0.1) is 6.92 Å². The number of aryl methyl sites for hydroxylation is 1. The van der Waals surface area contributed by atoms with Crippen LogP contribution in [0.1, 0.15) is 33.3 Å². The summed E-state index contributed by atoms with van der Waals surface area (Å²) in [5, 5.41) is 3.42. The molecular formula is C19H24ClNO6. The number of halogens is 1. The Morgan fingerprint density at radius 2 is 1.63 bits per heavy atom. The van der Waals surface area contributed by atoms with E-state index in [1.807, 2.05) is 13.0 Å². The molecule has 0 unspecified atom stereocenters. The summed E-state index contributed by atoms with van der Waals surface area (Å²) in [7, 11) is 0. The Morgan fingerprint density at radius 1 is 1.00 bits per heavy atom. The number of carbonyl (C=O) groups is 1. The SMILES string of the molecule is Cc1ccc(NC(=O)[C@@H]2O[C@@H]3OC(C)(C)O[C@@H]3[C@H]3OC(C)(C)O[C@H]32)cc1Cl. The molecule has 0 bridgehead atoms. The van der Waals surface area contributed by atoms with Gasteiger partial charge in [0.25, 0.3) is 5.91 Å². The summed E-state index contributed by atoms with van der Waals surface area (Å²) in [6, 6.07) is 5.33. The fraction of sp³-hybridized carbons (Fsp3) is 0.632. The molecule has 1 aromatic rings. The average molecular weight is 398 g/mol. The third kappa shape index (κ3) is 3.60. The molecule has 7 nitrogen and oxygen atoms in total. The smallest absolute Gasteiger partial charge is 0.256 e. The molecule has 4 rings (SSSR count). The largest absolute Gasteiger partial charge is 0.342 e. The van der Waals surface area contributed by atoms with Crippen LogP contribution < -0.4 is 5.32 Å². The minimum Gasteiger partial charge on any atom is -0.342 e. The lowest BCUT2D eigenvalue weighted by Gasteiger charge is -2.36. The highest BCUT2D eigenvalue weighted by atomic mass is 35.5. The number of benzene rings is 1. The molecule has 0 spiro atoms. The van der Waals surface area contributed by atoms with Gasteiger partial charge in [0.2, 0.25) is 0 Å². The van der Waals surface area contributed by atoms with Crippen molar-refractivity contribution in [2.24, 2.45) is 0 Å². The maximum Gasteiger partial charge on any atom is 0.256 e. The number of anilines is 1. The number of nitrogens with one attached hydrogen (secondary N) is 1. The van der Waals surface area contributed by atoms with Gasteiger partial charge < -0.3 is 29.0 Å². The summed E-state index contributed by atoms with van der Waals surface area (Å²) in [5.74, 6) is -2.03. The van der Waals surface area contributed by atoms with Crippen molar-refractivity contribution in [1.29, 1.82) is 0 Å².